The predicted octanol–water partition coefficient (Wildman–Crippen LogP) is 0.151. The van der Waals surface area contributed by atoms with Gasteiger partial charge >= 0.3 is 24.8 Å². The Balaban J connectivity index is 0. The van der Waals surface area contributed by atoms with Gasteiger partial charge in [0.05, 0.1) is 0 Å². The number of benzene rings is 1. The summed E-state index contributed by atoms with van der Waals surface area (Å²) in [5, 5.41) is 8.15. The zero-order valence-corrected chi connectivity index (χ0v) is 11.4. The number of hydrogen-bond donors (Lipinski definition) is 1. The van der Waals surface area contributed by atoms with Gasteiger partial charge in [0.15, 0.2) is 0 Å². The van der Waals surface area contributed by atoms with Crippen molar-refractivity contribution in [3.63, 3.8) is 0 Å². The fourth-order valence-corrected chi connectivity index (χ4v) is 1.09. The van der Waals surface area contributed by atoms with E-state index >= 15 is 0 Å². The molecule has 96 valence electrons. The summed E-state index contributed by atoms with van der Waals surface area (Å²) >= 11 is 0. The van der Waals surface area contributed by atoms with E-state index in [0.29, 0.717) is 6.61 Å². The van der Waals surface area contributed by atoms with Gasteiger partial charge in [-0.25, -0.2) is 4.79 Å². The van der Waals surface area contributed by atoms with Gasteiger partial charge in [0.1, 0.15) is 6.61 Å². The van der Waals surface area contributed by atoms with E-state index in [-0.39, 0.29) is 25.5 Å². The summed E-state index contributed by atoms with van der Waals surface area (Å²) in [6.07, 6.45) is 3.21. The maximum atomic E-state index is 9.91. The molecule has 0 aliphatic heterocycles. The van der Waals surface area contributed by atoms with Gasteiger partial charge in [0, 0.05) is 6.61 Å². The van der Waals surface area contributed by atoms with Crippen molar-refractivity contribution in [2.45, 2.75) is 26.2 Å². The van der Waals surface area contributed by atoms with Crippen LogP contribution in [0.3, 0.4) is 0 Å². The molecule has 0 radical (unpaired) electrons. The molecule has 1 N–H and O–H groups in total. The molecule has 18 heavy (non-hydrogen) atoms. The number of ether oxygens (including phenoxy) is 1. The minimum Gasteiger partial charge on any atom is -0.480 e. The minimum absolute atomic E-state index is 0. The molecule has 1 rings (SSSR count). The Morgan fingerprint density at radius 2 is 1.89 bits per heavy atom. The van der Waals surface area contributed by atoms with Crippen LogP contribution < -0.4 is 18.9 Å². The maximum absolute atomic E-state index is 9.91. The normalized spacial score (nSPS) is 8.72. The van der Waals surface area contributed by atoms with Crippen LogP contribution in [-0.4, -0.2) is 24.3 Å². The van der Waals surface area contributed by atoms with Gasteiger partial charge in [-0.05, 0) is 6.42 Å². The third-order valence-electron chi connectivity index (χ3n) is 1.96. The molecule has 0 atom stereocenters. The quantitative estimate of drug-likeness (QED) is 0.440. The summed E-state index contributed by atoms with van der Waals surface area (Å²) in [7, 11) is 0. The molecule has 0 aromatic heterocycles. The van der Waals surface area contributed by atoms with E-state index in [1.54, 1.807) is 0 Å². The molecular weight excluding hydrogens is 223 g/mol. The molecule has 0 aliphatic rings. The molecule has 1 aromatic carbocycles. The summed E-state index contributed by atoms with van der Waals surface area (Å²) in [6, 6.07) is 9.87. The van der Waals surface area contributed by atoms with Gasteiger partial charge in [-0.1, -0.05) is 25.8 Å². The molecule has 0 saturated heterocycles. The van der Waals surface area contributed by atoms with Crippen molar-refractivity contribution in [1.29, 1.82) is 0 Å². The number of hydrogen-bond acceptors (Lipinski definition) is 2. The van der Waals surface area contributed by atoms with Gasteiger partial charge in [0.25, 0.3) is 0 Å². The topological polar surface area (TPSA) is 46.5 Å². The first kappa shape index (κ1) is 19.5. The Hall–Kier alpha value is -0.883. The van der Waals surface area contributed by atoms with Crippen molar-refractivity contribution in [3.05, 3.63) is 42.8 Å². The molecule has 0 amide bonds. The van der Waals surface area contributed by atoms with Crippen LogP contribution in [0.2, 0.25) is 0 Å². The third-order valence-corrected chi connectivity index (χ3v) is 1.96. The van der Waals surface area contributed by atoms with Crippen LogP contribution in [0.4, 0.5) is 0 Å². The summed E-state index contributed by atoms with van der Waals surface area (Å²) in [5.74, 6) is -0.892. The number of carboxylic acid groups (broad SMARTS) is 1. The minimum atomic E-state index is -0.892. The van der Waals surface area contributed by atoms with Crippen LogP contribution in [0.25, 0.3) is 0 Å². The van der Waals surface area contributed by atoms with Crippen molar-refractivity contribution in [1.82, 2.24) is 0 Å². The van der Waals surface area contributed by atoms with Crippen LogP contribution in [0.15, 0.2) is 30.3 Å². The zero-order valence-electron chi connectivity index (χ0n) is 11.4. The van der Waals surface area contributed by atoms with E-state index in [4.69, 9.17) is 9.84 Å². The molecule has 0 spiro atoms. The van der Waals surface area contributed by atoms with Crippen molar-refractivity contribution >= 4 is 5.97 Å². The molecule has 0 unspecified atom stereocenters. The van der Waals surface area contributed by atoms with E-state index in [1.807, 2.05) is 30.3 Å². The molecule has 0 fully saturated rings. The number of aliphatic carboxylic acids is 1. The van der Waals surface area contributed by atoms with Crippen LogP contribution in [-0.2, 0) is 9.53 Å². The van der Waals surface area contributed by atoms with E-state index in [1.165, 1.54) is 0 Å². The van der Waals surface area contributed by atoms with E-state index in [2.05, 4.69) is 13.8 Å². The van der Waals surface area contributed by atoms with E-state index < -0.39 is 5.97 Å². The molecule has 0 saturated carbocycles. The Morgan fingerprint density at radius 1 is 1.28 bits per heavy atom. The number of rotatable bonds is 6. The number of carbonyl (C=O) groups is 1. The average Bonchev–Trinajstić information content (AvgIpc) is 2.30. The summed E-state index contributed by atoms with van der Waals surface area (Å²) in [5.41, 5.74) is 1.07. The second-order valence-corrected chi connectivity index (χ2v) is 3.64. The van der Waals surface area contributed by atoms with Crippen LogP contribution in [0.5, 0.6) is 0 Å². The second-order valence-electron chi connectivity index (χ2n) is 3.64. The largest absolute Gasteiger partial charge is 1.00 e. The second kappa shape index (κ2) is 14.2. The summed E-state index contributed by atoms with van der Waals surface area (Å²) in [6.45, 7) is 6.22. The maximum Gasteiger partial charge on any atom is 1.00 e. The molecule has 0 bridgehead atoms. The molecule has 0 heterocycles. The van der Waals surface area contributed by atoms with Gasteiger partial charge in [-0.15, -0.1) is 12.1 Å². The molecule has 3 nitrogen and oxygen atoms in total. The first-order chi connectivity index (χ1) is 8.16. The number of unbranched alkanes of at least 4 members (excludes halogenated alkanes) is 2. The van der Waals surface area contributed by atoms with Gasteiger partial charge in [0.2, 0.25) is 0 Å². The Morgan fingerprint density at radius 3 is 2.28 bits per heavy atom. The average molecular weight is 244 g/mol. The third kappa shape index (κ3) is 15.1. The van der Waals surface area contributed by atoms with Gasteiger partial charge < -0.3 is 9.84 Å². The fourth-order valence-electron chi connectivity index (χ4n) is 1.09. The van der Waals surface area contributed by atoms with E-state index in [9.17, 15) is 4.79 Å². The van der Waals surface area contributed by atoms with Crippen molar-refractivity contribution < 1.29 is 33.5 Å². The predicted molar refractivity (Wildman–Crippen MR) is 68.9 cm³/mol. The van der Waals surface area contributed by atoms with Crippen molar-refractivity contribution in [2.24, 2.45) is 0 Å². The van der Waals surface area contributed by atoms with Gasteiger partial charge in [-0.3, -0.25) is 0 Å². The van der Waals surface area contributed by atoms with E-state index in [0.717, 1.165) is 24.8 Å². The standard InChI is InChI=1S/C7H14O3.C7H7.Li/c1-2-3-4-5-10-6-7(8)9;1-7-5-3-2-4-6-7;/h2-6H2,1H3,(H,8,9);2-6H,1H2;/q;-1;+1. The smallest absolute Gasteiger partial charge is 0.480 e. The summed E-state index contributed by atoms with van der Waals surface area (Å²) < 4.78 is 4.80. The Kier molecular flexibility index (Phi) is 15.3. The Bertz CT molecular complexity index is 288. The van der Waals surface area contributed by atoms with Gasteiger partial charge in [-0.2, -0.15) is 24.6 Å². The monoisotopic (exact) mass is 244 g/mol. The SMILES string of the molecule is CCCCCOCC(=O)O.[CH2-]c1ccccc1.[Li+]. The van der Waals surface area contributed by atoms with Crippen molar-refractivity contribution in [3.8, 4) is 0 Å². The zero-order chi connectivity index (χ0) is 12.9. The van der Waals surface area contributed by atoms with Crippen LogP contribution >= 0.6 is 0 Å². The molecular formula is C14H21LiO3. The van der Waals surface area contributed by atoms with Crippen LogP contribution in [0.1, 0.15) is 31.7 Å². The molecule has 0 aliphatic carbocycles. The van der Waals surface area contributed by atoms with Crippen LogP contribution in [0, 0.1) is 6.92 Å². The van der Waals surface area contributed by atoms with Crippen molar-refractivity contribution in [2.75, 3.05) is 13.2 Å². The Labute approximate surface area is 122 Å². The first-order valence-corrected chi connectivity index (χ1v) is 5.83. The fraction of sp³-hybridized carbons (Fsp3) is 0.429. The molecule has 4 heteroatoms. The molecule has 1 aromatic rings. The summed E-state index contributed by atoms with van der Waals surface area (Å²) in [4.78, 5) is 9.91. The first-order valence-electron chi connectivity index (χ1n) is 5.83. The number of carboxylic acids is 1.